The number of pyridine rings is 4. The van der Waals surface area contributed by atoms with E-state index in [-0.39, 0.29) is 11.4 Å². The molecule has 0 spiro atoms. The molecule has 0 amide bonds. The molecular formula is C82H50F3N7. The average Bonchev–Trinajstić information content (AvgIpc) is 1.53. The Hall–Kier alpha value is -12.3. The van der Waals surface area contributed by atoms with Crippen molar-refractivity contribution in [3.05, 3.63) is 315 Å². The Morgan fingerprint density at radius 2 is 0.587 bits per heavy atom. The molecular weight excluding hydrogens is 1140 g/mol. The third-order valence-electron chi connectivity index (χ3n) is 17.4. The molecule has 10 heteroatoms. The highest BCUT2D eigenvalue weighted by atomic mass is 19.4. The van der Waals surface area contributed by atoms with Crippen LogP contribution in [0.5, 0.6) is 0 Å². The average molecular weight is 1190 g/mol. The number of fused-ring (bicyclic) bond motifs is 6. The number of halogens is 3. The summed E-state index contributed by atoms with van der Waals surface area (Å²) in [5, 5.41) is 13.3. The summed E-state index contributed by atoms with van der Waals surface area (Å²) in [5.41, 5.74) is 16.2. The smallest absolute Gasteiger partial charge is 0.309 e. The third-order valence-corrected chi connectivity index (χ3v) is 17.4. The second kappa shape index (κ2) is 22.7. The summed E-state index contributed by atoms with van der Waals surface area (Å²) in [6, 6.07) is 92.2. The zero-order valence-electron chi connectivity index (χ0n) is 49.1. The van der Waals surface area contributed by atoms with E-state index in [9.17, 15) is 5.26 Å². The van der Waals surface area contributed by atoms with Crippen molar-refractivity contribution in [3.63, 3.8) is 0 Å². The molecule has 0 aliphatic heterocycles. The lowest BCUT2D eigenvalue weighted by Gasteiger charge is -2.23. The van der Waals surface area contributed by atoms with Crippen molar-refractivity contribution in [2.24, 2.45) is 0 Å². The van der Waals surface area contributed by atoms with Gasteiger partial charge in [-0.05, 0) is 130 Å². The summed E-state index contributed by atoms with van der Waals surface area (Å²) in [5.74, 6) is 0. The Kier molecular flexibility index (Phi) is 13.6. The lowest BCUT2D eigenvalue weighted by Crippen LogP contribution is -2.16. The van der Waals surface area contributed by atoms with E-state index in [1.54, 1.807) is 64.3 Å². The Morgan fingerprint density at radius 3 is 0.880 bits per heavy atom. The summed E-state index contributed by atoms with van der Waals surface area (Å²) in [7, 11) is 0. The standard InChI is InChI=1S/C82H50F3N7/c83-82(84,85)77-75(91-71-36-32-58(63-28-14-40-87-78(63)53-19-5-1-6-20-53)45-67(71)68-46-59(33-37-72(68)91)64-29-15-41-88-79(64)54-21-7-2-8-22-54)49-62(57-27-13-18-52(44-57)51-86)50-76(77)92-73-38-34-60(65-30-16-42-89-80(65)55-23-9-3-10-24-55)47-69(73)70-48-61(35-39-74(70)92)66-31-17-43-90-81(66)56-25-11-4-12-26-56/h1-50H. The summed E-state index contributed by atoms with van der Waals surface area (Å²) < 4.78 is 56.4. The Labute approximate surface area is 527 Å². The van der Waals surface area contributed by atoms with Crippen LogP contribution < -0.4 is 0 Å². The zero-order chi connectivity index (χ0) is 61.9. The van der Waals surface area contributed by atoms with Crippen molar-refractivity contribution in [3.8, 4) is 118 Å². The van der Waals surface area contributed by atoms with Crippen LogP contribution in [0.25, 0.3) is 156 Å². The van der Waals surface area contributed by atoms with Crippen LogP contribution in [0, 0.1) is 11.3 Å². The Balaban J connectivity index is 1.01. The number of nitrogens with zero attached hydrogens (tertiary/aromatic N) is 7. The van der Waals surface area contributed by atoms with Gasteiger partial charge >= 0.3 is 6.18 Å². The molecule has 16 aromatic rings. The van der Waals surface area contributed by atoms with Crippen molar-refractivity contribution >= 4 is 43.6 Å². The second-order valence-corrected chi connectivity index (χ2v) is 22.7. The van der Waals surface area contributed by atoms with Gasteiger partial charge in [0.2, 0.25) is 0 Å². The molecule has 0 radical (unpaired) electrons. The third kappa shape index (κ3) is 9.64. The van der Waals surface area contributed by atoms with Crippen molar-refractivity contribution in [2.75, 3.05) is 0 Å². The van der Waals surface area contributed by atoms with Gasteiger partial charge < -0.3 is 9.13 Å². The lowest BCUT2D eigenvalue weighted by atomic mass is 9.96. The predicted molar refractivity (Wildman–Crippen MR) is 365 cm³/mol. The number of alkyl halides is 3. The highest BCUT2D eigenvalue weighted by molar-refractivity contribution is 6.14. The van der Waals surface area contributed by atoms with Gasteiger partial charge in [0, 0.05) is 90.8 Å². The normalized spacial score (nSPS) is 11.6. The van der Waals surface area contributed by atoms with E-state index in [1.807, 2.05) is 224 Å². The van der Waals surface area contributed by atoms with E-state index in [4.69, 9.17) is 19.9 Å². The zero-order valence-corrected chi connectivity index (χ0v) is 49.1. The maximum atomic E-state index is 17.6. The van der Waals surface area contributed by atoms with Gasteiger partial charge in [0.15, 0.2) is 0 Å². The van der Waals surface area contributed by atoms with E-state index < -0.39 is 11.7 Å². The van der Waals surface area contributed by atoms with Gasteiger partial charge in [-0.3, -0.25) is 19.9 Å². The van der Waals surface area contributed by atoms with Crippen LogP contribution in [0.3, 0.4) is 0 Å². The van der Waals surface area contributed by atoms with Crippen molar-refractivity contribution in [1.82, 2.24) is 29.1 Å². The number of nitriles is 1. The second-order valence-electron chi connectivity index (χ2n) is 22.7. The highest BCUT2D eigenvalue weighted by Crippen LogP contribution is 2.49. The summed E-state index contributed by atoms with van der Waals surface area (Å²) in [6.45, 7) is 0. The van der Waals surface area contributed by atoms with E-state index in [1.165, 1.54) is 0 Å². The fourth-order valence-corrected chi connectivity index (χ4v) is 13.3. The van der Waals surface area contributed by atoms with Crippen LogP contribution in [-0.4, -0.2) is 29.1 Å². The van der Waals surface area contributed by atoms with Crippen LogP contribution in [0.4, 0.5) is 13.2 Å². The maximum absolute atomic E-state index is 17.6. The van der Waals surface area contributed by atoms with Crippen molar-refractivity contribution in [1.29, 1.82) is 5.26 Å². The predicted octanol–water partition coefficient (Wildman–Crippen LogP) is 21.4. The summed E-state index contributed by atoms with van der Waals surface area (Å²) in [4.78, 5) is 19.5. The van der Waals surface area contributed by atoms with Crippen molar-refractivity contribution in [2.45, 2.75) is 6.18 Å². The van der Waals surface area contributed by atoms with Gasteiger partial charge in [-0.25, -0.2) is 0 Å². The van der Waals surface area contributed by atoms with Crippen LogP contribution in [0.2, 0.25) is 0 Å². The Bertz CT molecular complexity index is 4990. The molecule has 7 nitrogen and oxygen atoms in total. The number of hydrogen-bond acceptors (Lipinski definition) is 5. The molecule has 16 rings (SSSR count). The first-order chi connectivity index (χ1) is 45.2. The van der Waals surface area contributed by atoms with Gasteiger partial charge in [-0.2, -0.15) is 18.4 Å². The molecule has 0 unspecified atom stereocenters. The fourth-order valence-electron chi connectivity index (χ4n) is 13.3. The van der Waals surface area contributed by atoms with Gasteiger partial charge in [0.05, 0.1) is 67.8 Å². The van der Waals surface area contributed by atoms with Gasteiger partial charge in [-0.15, -0.1) is 0 Å². The molecule has 0 aliphatic carbocycles. The molecule has 0 atom stereocenters. The topological polar surface area (TPSA) is 85.2 Å². The molecule has 6 aromatic heterocycles. The van der Waals surface area contributed by atoms with E-state index in [0.717, 1.165) is 111 Å². The first kappa shape index (κ1) is 55.0. The molecule has 0 fully saturated rings. The fraction of sp³-hybridized carbons (Fsp3) is 0.0122. The van der Waals surface area contributed by atoms with E-state index in [2.05, 4.69) is 30.3 Å². The summed E-state index contributed by atoms with van der Waals surface area (Å²) in [6.07, 6.45) is 2.13. The molecule has 0 aliphatic rings. The van der Waals surface area contributed by atoms with E-state index in [0.29, 0.717) is 38.8 Å². The number of aromatic nitrogens is 6. The van der Waals surface area contributed by atoms with Crippen LogP contribution in [0.15, 0.2) is 304 Å². The largest absolute Gasteiger partial charge is 0.420 e. The van der Waals surface area contributed by atoms with Gasteiger partial charge in [0.1, 0.15) is 5.56 Å². The van der Waals surface area contributed by atoms with Crippen LogP contribution in [0.1, 0.15) is 11.1 Å². The summed E-state index contributed by atoms with van der Waals surface area (Å²) >= 11 is 0. The Morgan fingerprint density at radius 1 is 0.283 bits per heavy atom. The monoisotopic (exact) mass is 1190 g/mol. The minimum absolute atomic E-state index is 0.0977. The first-order valence-electron chi connectivity index (χ1n) is 30.2. The first-order valence-corrected chi connectivity index (χ1v) is 30.2. The molecule has 0 saturated heterocycles. The lowest BCUT2D eigenvalue weighted by molar-refractivity contribution is -0.137. The maximum Gasteiger partial charge on any atom is 0.420 e. The molecule has 0 N–H and O–H groups in total. The molecule has 0 saturated carbocycles. The highest BCUT2D eigenvalue weighted by Gasteiger charge is 2.40. The van der Waals surface area contributed by atoms with Crippen molar-refractivity contribution < 1.29 is 13.2 Å². The minimum Gasteiger partial charge on any atom is -0.309 e. The number of hydrogen-bond donors (Lipinski definition) is 0. The molecule has 434 valence electrons. The minimum atomic E-state index is -4.97. The molecule has 6 heterocycles. The van der Waals surface area contributed by atoms with Crippen LogP contribution >= 0.6 is 0 Å². The SMILES string of the molecule is N#Cc1cccc(-c2cc(-n3c4ccc(-c5cccnc5-c5ccccc5)cc4c4cc(-c5cccnc5-c5ccccc5)ccc43)c(C(F)(F)F)c(-n3c4ccc(-c5cccnc5-c5ccccc5)cc4c4cc(-c5cccnc5-c5ccccc5)ccc43)c2)c1. The van der Waals surface area contributed by atoms with Gasteiger partial charge in [-0.1, -0.05) is 182 Å². The molecule has 10 aromatic carbocycles. The molecule has 0 bridgehead atoms. The number of benzene rings is 10. The van der Waals surface area contributed by atoms with E-state index >= 15 is 13.2 Å². The van der Waals surface area contributed by atoms with Gasteiger partial charge in [0.25, 0.3) is 0 Å². The quantitative estimate of drug-likeness (QED) is 0.129. The molecule has 92 heavy (non-hydrogen) atoms. The number of rotatable bonds is 11. The van der Waals surface area contributed by atoms with Crippen LogP contribution in [-0.2, 0) is 6.18 Å².